The Kier molecular flexibility index (Phi) is 8.29. The molecule has 0 saturated heterocycles. The van der Waals surface area contributed by atoms with Crippen LogP contribution >= 0.6 is 0 Å². The number of nitrogens with one attached hydrogen (secondary N) is 3. The molecule has 0 bridgehead atoms. The highest BCUT2D eigenvalue weighted by molar-refractivity contribution is 5.90. The Hall–Kier alpha value is -2.89. The molecule has 6 heteroatoms. The fraction of sp³-hybridized carbons (Fsp3) is 0.381. The summed E-state index contributed by atoms with van der Waals surface area (Å²) in [5, 5.41) is 9.24. The van der Waals surface area contributed by atoms with Crippen molar-refractivity contribution in [3.8, 4) is 0 Å². The van der Waals surface area contributed by atoms with Gasteiger partial charge in [0.25, 0.3) is 0 Å². The standard InChI is InChI=1S/C21H29N5O/c1-4-17-10-6-7-11-18(17)15-24-21(22-5-2)23-14-13-20(27)26-19-12-8-9-16(3)25-19/h6-12H,4-5,13-15H2,1-3H3,(H2,22,23,24)(H,25,26,27). The molecule has 2 aromatic rings. The fourth-order valence-electron chi connectivity index (χ4n) is 2.68. The van der Waals surface area contributed by atoms with E-state index in [-0.39, 0.29) is 5.91 Å². The molecule has 0 saturated carbocycles. The molecule has 144 valence electrons. The highest BCUT2D eigenvalue weighted by Crippen LogP contribution is 2.10. The van der Waals surface area contributed by atoms with Crippen LogP contribution in [0.15, 0.2) is 47.5 Å². The zero-order chi connectivity index (χ0) is 19.5. The third-order valence-electron chi connectivity index (χ3n) is 4.05. The minimum Gasteiger partial charge on any atom is -0.357 e. The SMILES string of the molecule is CCNC(=NCc1ccccc1CC)NCCC(=O)Nc1cccc(C)n1. The number of aryl methyl sites for hydroxylation is 2. The van der Waals surface area contributed by atoms with Crippen molar-refractivity contribution in [3.05, 3.63) is 59.3 Å². The maximum atomic E-state index is 12.1. The summed E-state index contributed by atoms with van der Waals surface area (Å²) < 4.78 is 0. The average Bonchev–Trinajstić information content (AvgIpc) is 2.66. The first-order valence-electron chi connectivity index (χ1n) is 9.44. The first kappa shape index (κ1) is 20.4. The number of pyridine rings is 1. The van der Waals surface area contributed by atoms with Crippen LogP contribution in [-0.4, -0.2) is 29.9 Å². The summed E-state index contributed by atoms with van der Waals surface area (Å²) in [7, 11) is 0. The van der Waals surface area contributed by atoms with E-state index < -0.39 is 0 Å². The van der Waals surface area contributed by atoms with Crippen molar-refractivity contribution in [2.45, 2.75) is 40.2 Å². The topological polar surface area (TPSA) is 78.4 Å². The Morgan fingerprint density at radius 2 is 1.81 bits per heavy atom. The molecule has 1 aromatic heterocycles. The number of hydrogen-bond donors (Lipinski definition) is 3. The van der Waals surface area contributed by atoms with E-state index in [1.807, 2.05) is 32.0 Å². The van der Waals surface area contributed by atoms with Crippen LogP contribution in [0.5, 0.6) is 0 Å². The van der Waals surface area contributed by atoms with Gasteiger partial charge < -0.3 is 16.0 Å². The minimum atomic E-state index is -0.0761. The molecular weight excluding hydrogens is 338 g/mol. The van der Waals surface area contributed by atoms with Gasteiger partial charge in [-0.25, -0.2) is 9.98 Å². The molecule has 2 rings (SSSR count). The molecule has 1 amide bonds. The number of hydrogen-bond acceptors (Lipinski definition) is 3. The van der Waals surface area contributed by atoms with Crippen molar-refractivity contribution in [2.75, 3.05) is 18.4 Å². The molecule has 0 fully saturated rings. The van der Waals surface area contributed by atoms with Gasteiger partial charge in [-0.2, -0.15) is 0 Å². The van der Waals surface area contributed by atoms with Crippen molar-refractivity contribution in [1.29, 1.82) is 0 Å². The highest BCUT2D eigenvalue weighted by Gasteiger charge is 2.05. The van der Waals surface area contributed by atoms with E-state index in [0.717, 1.165) is 18.7 Å². The van der Waals surface area contributed by atoms with Gasteiger partial charge in [-0.3, -0.25) is 4.79 Å². The Balaban J connectivity index is 1.85. The van der Waals surface area contributed by atoms with Crippen LogP contribution in [0.1, 0.15) is 37.1 Å². The van der Waals surface area contributed by atoms with Crippen LogP contribution in [0.25, 0.3) is 0 Å². The first-order chi connectivity index (χ1) is 13.1. The fourth-order valence-corrected chi connectivity index (χ4v) is 2.68. The van der Waals surface area contributed by atoms with Crippen molar-refractivity contribution in [1.82, 2.24) is 15.6 Å². The van der Waals surface area contributed by atoms with Crippen LogP contribution in [0.4, 0.5) is 5.82 Å². The Labute approximate surface area is 161 Å². The van der Waals surface area contributed by atoms with E-state index in [0.29, 0.717) is 31.3 Å². The van der Waals surface area contributed by atoms with E-state index in [1.165, 1.54) is 11.1 Å². The first-order valence-corrected chi connectivity index (χ1v) is 9.44. The number of benzene rings is 1. The number of rotatable bonds is 8. The Morgan fingerprint density at radius 3 is 2.52 bits per heavy atom. The lowest BCUT2D eigenvalue weighted by atomic mass is 10.1. The van der Waals surface area contributed by atoms with Gasteiger partial charge in [0.05, 0.1) is 6.54 Å². The molecule has 1 aromatic carbocycles. The maximum Gasteiger partial charge on any atom is 0.227 e. The predicted molar refractivity (Wildman–Crippen MR) is 111 cm³/mol. The van der Waals surface area contributed by atoms with E-state index in [1.54, 1.807) is 6.07 Å². The second kappa shape index (κ2) is 11.0. The van der Waals surface area contributed by atoms with Crippen LogP contribution < -0.4 is 16.0 Å². The van der Waals surface area contributed by atoms with Gasteiger partial charge >= 0.3 is 0 Å². The molecule has 0 aliphatic rings. The molecule has 0 aliphatic carbocycles. The molecule has 6 nitrogen and oxygen atoms in total. The number of guanidine groups is 1. The molecule has 0 unspecified atom stereocenters. The zero-order valence-electron chi connectivity index (χ0n) is 16.4. The van der Waals surface area contributed by atoms with Crippen molar-refractivity contribution >= 4 is 17.7 Å². The largest absolute Gasteiger partial charge is 0.357 e. The van der Waals surface area contributed by atoms with Gasteiger partial charge in [-0.05, 0) is 43.5 Å². The molecule has 1 heterocycles. The van der Waals surface area contributed by atoms with E-state index >= 15 is 0 Å². The van der Waals surface area contributed by atoms with Crippen LogP contribution in [0.2, 0.25) is 0 Å². The molecule has 3 N–H and O–H groups in total. The van der Waals surface area contributed by atoms with Gasteiger partial charge in [-0.1, -0.05) is 37.3 Å². The number of aliphatic imine (C=N–C) groups is 1. The monoisotopic (exact) mass is 367 g/mol. The maximum absolute atomic E-state index is 12.1. The Morgan fingerprint density at radius 1 is 1.04 bits per heavy atom. The van der Waals surface area contributed by atoms with E-state index in [9.17, 15) is 4.79 Å². The van der Waals surface area contributed by atoms with E-state index in [4.69, 9.17) is 0 Å². The average molecular weight is 367 g/mol. The summed E-state index contributed by atoms with van der Waals surface area (Å²) in [5.41, 5.74) is 3.41. The minimum absolute atomic E-state index is 0.0761. The molecule has 0 aliphatic heterocycles. The van der Waals surface area contributed by atoms with Gasteiger partial charge in [0.15, 0.2) is 5.96 Å². The molecule has 0 radical (unpaired) electrons. The smallest absolute Gasteiger partial charge is 0.227 e. The molecule has 27 heavy (non-hydrogen) atoms. The summed E-state index contributed by atoms with van der Waals surface area (Å²) in [5.74, 6) is 1.22. The second-order valence-corrected chi connectivity index (χ2v) is 6.21. The Bertz CT molecular complexity index is 773. The van der Waals surface area contributed by atoms with Gasteiger partial charge in [0.1, 0.15) is 5.82 Å². The predicted octanol–water partition coefficient (Wildman–Crippen LogP) is 3.04. The number of anilines is 1. The number of carbonyl (C=O) groups is 1. The molecule has 0 atom stereocenters. The number of amides is 1. The van der Waals surface area contributed by atoms with Gasteiger partial charge in [-0.15, -0.1) is 0 Å². The third-order valence-corrected chi connectivity index (χ3v) is 4.05. The lowest BCUT2D eigenvalue weighted by Gasteiger charge is -2.12. The van der Waals surface area contributed by atoms with Crippen LogP contribution in [0, 0.1) is 6.92 Å². The normalized spacial score (nSPS) is 11.1. The summed E-state index contributed by atoms with van der Waals surface area (Å²) in [6.07, 6.45) is 1.33. The highest BCUT2D eigenvalue weighted by atomic mass is 16.1. The lowest BCUT2D eigenvalue weighted by Crippen LogP contribution is -2.38. The van der Waals surface area contributed by atoms with E-state index in [2.05, 4.69) is 51.0 Å². The van der Waals surface area contributed by atoms with Crippen LogP contribution in [-0.2, 0) is 17.8 Å². The van der Waals surface area contributed by atoms with Gasteiger partial charge in [0.2, 0.25) is 5.91 Å². The number of aromatic nitrogens is 1. The van der Waals surface area contributed by atoms with Gasteiger partial charge in [0, 0.05) is 25.2 Å². The second-order valence-electron chi connectivity index (χ2n) is 6.21. The zero-order valence-corrected chi connectivity index (χ0v) is 16.4. The van der Waals surface area contributed by atoms with Crippen molar-refractivity contribution < 1.29 is 4.79 Å². The lowest BCUT2D eigenvalue weighted by molar-refractivity contribution is -0.116. The number of carbonyl (C=O) groups excluding carboxylic acids is 1. The quantitative estimate of drug-likeness (QED) is 0.495. The summed E-state index contributed by atoms with van der Waals surface area (Å²) >= 11 is 0. The van der Waals surface area contributed by atoms with Crippen LogP contribution in [0.3, 0.4) is 0 Å². The summed E-state index contributed by atoms with van der Waals surface area (Å²) in [4.78, 5) is 21.0. The number of nitrogens with zero attached hydrogens (tertiary/aromatic N) is 2. The molecular formula is C21H29N5O. The third kappa shape index (κ3) is 7.09. The molecule has 0 spiro atoms. The van der Waals surface area contributed by atoms with Crippen molar-refractivity contribution in [3.63, 3.8) is 0 Å². The van der Waals surface area contributed by atoms with Crippen molar-refractivity contribution in [2.24, 2.45) is 4.99 Å². The summed E-state index contributed by atoms with van der Waals surface area (Å²) in [6.45, 7) is 7.94. The summed E-state index contributed by atoms with van der Waals surface area (Å²) in [6, 6.07) is 13.9.